The third kappa shape index (κ3) is 14.2. The van der Waals surface area contributed by atoms with Gasteiger partial charge in [-0.15, -0.1) is 0 Å². The Hall–Kier alpha value is -0.570. The van der Waals surface area contributed by atoms with E-state index in [9.17, 15) is 30.7 Å². The molecule has 0 bridgehead atoms. The molecule has 0 unspecified atom stereocenters. The number of ether oxygens (including phenoxy) is 1. The Kier molecular flexibility index (Phi) is 16.7. The molecule has 1 N–H and O–H groups in total. The second-order valence-electron chi connectivity index (χ2n) is 8.21. The number of nitrogens with one attached hydrogen (secondary N) is 1. The summed E-state index contributed by atoms with van der Waals surface area (Å²) in [6.45, 7) is 2.45. The van der Waals surface area contributed by atoms with Gasteiger partial charge in [0.1, 0.15) is 0 Å². The van der Waals surface area contributed by atoms with Crippen LogP contribution in [0.3, 0.4) is 0 Å². The molecule has 0 fully saturated rings. The van der Waals surface area contributed by atoms with Gasteiger partial charge in [-0.25, -0.2) is 4.39 Å². The molecule has 0 heterocycles. The Balaban J connectivity index is 3.46. The highest BCUT2D eigenvalue weighted by molar-refractivity contribution is 4.94. The van der Waals surface area contributed by atoms with E-state index in [1.165, 1.54) is 32.1 Å². The largest absolute Gasteiger partial charge is 0.431 e. The van der Waals surface area contributed by atoms with Crippen LogP contribution in [0.1, 0.15) is 96.3 Å². The van der Waals surface area contributed by atoms with Gasteiger partial charge in [0.2, 0.25) is 0 Å². The first kappa shape index (κ1) is 30.4. The van der Waals surface area contributed by atoms with E-state index >= 15 is 0 Å². The molecule has 0 aromatic carbocycles. The molecule has 0 radical (unpaired) electrons. The van der Waals surface area contributed by atoms with Crippen molar-refractivity contribution in [2.45, 2.75) is 114 Å². The predicted molar refractivity (Wildman–Crippen MR) is 110 cm³/mol. The highest BCUT2D eigenvalue weighted by atomic mass is 19.4. The summed E-state index contributed by atoms with van der Waals surface area (Å²) in [6.07, 6.45) is -1.05. The zero-order chi connectivity index (χ0) is 23.6. The lowest BCUT2D eigenvalue weighted by Crippen LogP contribution is -2.53. The van der Waals surface area contributed by atoms with Crippen LogP contribution in [0.25, 0.3) is 0 Å². The van der Waals surface area contributed by atoms with Crippen LogP contribution < -0.4 is 5.32 Å². The van der Waals surface area contributed by atoms with E-state index in [-0.39, 0.29) is 6.42 Å². The number of hydrogen-bond donors (Lipinski definition) is 1. The highest BCUT2D eigenvalue weighted by Gasteiger charge is 2.71. The van der Waals surface area contributed by atoms with Crippen LogP contribution in [0.4, 0.5) is 30.7 Å². The lowest BCUT2D eigenvalue weighted by atomic mass is 9.95. The molecule has 0 aromatic rings. The van der Waals surface area contributed by atoms with E-state index in [1.54, 1.807) is 0 Å². The quantitative estimate of drug-likeness (QED) is 0.145. The molecule has 0 aliphatic carbocycles. The van der Waals surface area contributed by atoms with Gasteiger partial charge in [-0.05, 0) is 26.3 Å². The highest BCUT2D eigenvalue weighted by Crippen LogP contribution is 2.49. The molecule has 31 heavy (non-hydrogen) atoms. The van der Waals surface area contributed by atoms with Crippen molar-refractivity contribution in [1.29, 1.82) is 0 Å². The summed E-state index contributed by atoms with van der Waals surface area (Å²) in [7, 11) is 1.90. The standard InChI is InChI=1S/C22H40F7NO/c1-30-17-19-31-18-15-13-11-9-7-5-3-2-4-6-8-10-12-14-16-20(23,21(24,25)26)22(27,28)29/h30H,2-19H2,1H3. The van der Waals surface area contributed by atoms with Crippen molar-refractivity contribution in [3.63, 3.8) is 0 Å². The van der Waals surface area contributed by atoms with Crippen molar-refractivity contribution in [2.75, 3.05) is 26.8 Å². The van der Waals surface area contributed by atoms with Crippen LogP contribution in [-0.2, 0) is 4.74 Å². The monoisotopic (exact) mass is 467 g/mol. The minimum Gasteiger partial charge on any atom is -0.380 e. The number of hydrogen-bond acceptors (Lipinski definition) is 2. The van der Waals surface area contributed by atoms with Crippen molar-refractivity contribution >= 4 is 0 Å². The third-order valence-electron chi connectivity index (χ3n) is 5.45. The summed E-state index contributed by atoms with van der Waals surface area (Å²) >= 11 is 0. The topological polar surface area (TPSA) is 21.3 Å². The van der Waals surface area contributed by atoms with Crippen LogP contribution >= 0.6 is 0 Å². The smallest absolute Gasteiger partial charge is 0.380 e. The second-order valence-corrected chi connectivity index (χ2v) is 8.21. The van der Waals surface area contributed by atoms with Gasteiger partial charge in [0.15, 0.2) is 0 Å². The summed E-state index contributed by atoms with van der Waals surface area (Å²) in [4.78, 5) is 0. The fraction of sp³-hybridized carbons (Fsp3) is 1.00. The van der Waals surface area contributed by atoms with Crippen LogP contribution in [0, 0.1) is 0 Å². The van der Waals surface area contributed by atoms with Crippen molar-refractivity contribution in [1.82, 2.24) is 5.32 Å². The van der Waals surface area contributed by atoms with E-state index in [2.05, 4.69) is 5.32 Å². The maximum atomic E-state index is 13.5. The zero-order valence-corrected chi connectivity index (χ0v) is 18.8. The molecule has 0 spiro atoms. The summed E-state index contributed by atoms with van der Waals surface area (Å²) in [5.74, 6) is 0. The summed E-state index contributed by atoms with van der Waals surface area (Å²) in [5, 5.41) is 3.03. The molecule has 0 saturated carbocycles. The van der Waals surface area contributed by atoms with Gasteiger partial charge in [0.25, 0.3) is 5.67 Å². The molecule has 9 heteroatoms. The number of rotatable bonds is 20. The SMILES string of the molecule is CNCCOCCCCCCCCCCCCCCCCC(F)(C(F)(F)F)C(F)(F)F. The summed E-state index contributed by atoms with van der Waals surface area (Å²) < 4.78 is 93.5. The fourth-order valence-corrected chi connectivity index (χ4v) is 3.41. The molecule has 0 saturated heterocycles. The number of unbranched alkanes of at least 4 members (excludes halogenated alkanes) is 13. The predicted octanol–water partition coefficient (Wildman–Crippen LogP) is 7.91. The Bertz CT molecular complexity index is 400. The Labute approximate surface area is 182 Å². The van der Waals surface area contributed by atoms with Gasteiger partial charge < -0.3 is 10.1 Å². The first-order valence-corrected chi connectivity index (χ1v) is 11.6. The van der Waals surface area contributed by atoms with Gasteiger partial charge in [-0.2, -0.15) is 26.3 Å². The molecule has 0 atom stereocenters. The maximum absolute atomic E-state index is 13.5. The average Bonchev–Trinajstić information content (AvgIpc) is 2.67. The van der Waals surface area contributed by atoms with Crippen LogP contribution in [0.5, 0.6) is 0 Å². The minimum absolute atomic E-state index is 0.179. The first-order chi connectivity index (χ1) is 14.6. The van der Waals surface area contributed by atoms with E-state index in [0.717, 1.165) is 58.3 Å². The molecule has 2 nitrogen and oxygen atoms in total. The molecule has 0 rings (SSSR count). The number of halogens is 7. The Morgan fingerprint density at radius 1 is 0.516 bits per heavy atom. The number of likely N-dealkylation sites (N-methyl/N-ethyl adjacent to an activating group) is 1. The maximum Gasteiger partial charge on any atom is 0.431 e. The van der Waals surface area contributed by atoms with Gasteiger partial charge in [0, 0.05) is 13.2 Å². The molecule has 0 aliphatic heterocycles. The van der Waals surface area contributed by atoms with Crippen molar-refractivity contribution < 1.29 is 35.5 Å². The lowest BCUT2D eigenvalue weighted by Gasteiger charge is -2.29. The molecular weight excluding hydrogens is 427 g/mol. The summed E-state index contributed by atoms with van der Waals surface area (Å²) in [5.41, 5.74) is -5.10. The number of alkyl halides is 7. The van der Waals surface area contributed by atoms with Gasteiger partial charge >= 0.3 is 12.4 Å². The van der Waals surface area contributed by atoms with E-state index < -0.39 is 30.9 Å². The molecule has 0 aromatic heterocycles. The summed E-state index contributed by atoms with van der Waals surface area (Å²) in [6, 6.07) is 0. The lowest BCUT2D eigenvalue weighted by molar-refractivity contribution is -0.343. The van der Waals surface area contributed by atoms with E-state index in [0.29, 0.717) is 6.42 Å². The Morgan fingerprint density at radius 2 is 0.871 bits per heavy atom. The van der Waals surface area contributed by atoms with Crippen molar-refractivity contribution in [2.24, 2.45) is 0 Å². The second kappa shape index (κ2) is 17.0. The van der Waals surface area contributed by atoms with Crippen molar-refractivity contribution in [3.05, 3.63) is 0 Å². The minimum atomic E-state index is -5.92. The van der Waals surface area contributed by atoms with Crippen LogP contribution in [0.2, 0.25) is 0 Å². The zero-order valence-electron chi connectivity index (χ0n) is 18.8. The fourth-order valence-electron chi connectivity index (χ4n) is 3.41. The van der Waals surface area contributed by atoms with Gasteiger partial charge in [0.05, 0.1) is 6.61 Å². The normalized spacial score (nSPS) is 13.2. The molecule has 0 aliphatic rings. The van der Waals surface area contributed by atoms with Gasteiger partial charge in [-0.1, -0.05) is 77.0 Å². The van der Waals surface area contributed by atoms with E-state index in [1.807, 2.05) is 7.05 Å². The third-order valence-corrected chi connectivity index (χ3v) is 5.45. The molecule has 188 valence electrons. The van der Waals surface area contributed by atoms with Crippen molar-refractivity contribution in [3.8, 4) is 0 Å². The van der Waals surface area contributed by atoms with Gasteiger partial charge in [-0.3, -0.25) is 0 Å². The first-order valence-electron chi connectivity index (χ1n) is 11.6. The van der Waals surface area contributed by atoms with E-state index in [4.69, 9.17) is 4.74 Å². The van der Waals surface area contributed by atoms with Crippen LogP contribution in [-0.4, -0.2) is 44.8 Å². The van der Waals surface area contributed by atoms with Crippen LogP contribution in [0.15, 0.2) is 0 Å². The Morgan fingerprint density at radius 3 is 1.23 bits per heavy atom. The average molecular weight is 468 g/mol. The molecule has 0 amide bonds. The molecular formula is C22H40F7NO.